The normalized spacial score (nSPS) is 16.1. The largest absolute Gasteiger partial charge is 0.494 e. The molecular formula is C13H19N3O3S. The third-order valence-electron chi connectivity index (χ3n) is 3.80. The monoisotopic (exact) mass is 297 g/mol. The van der Waals surface area contributed by atoms with Gasteiger partial charge < -0.3 is 10.4 Å². The summed E-state index contributed by atoms with van der Waals surface area (Å²) in [6, 6.07) is 0.0776. The van der Waals surface area contributed by atoms with Gasteiger partial charge in [0, 0.05) is 20.1 Å². The van der Waals surface area contributed by atoms with E-state index in [1.165, 1.54) is 29.7 Å². The van der Waals surface area contributed by atoms with Crippen LogP contribution in [0.5, 0.6) is 5.88 Å². The van der Waals surface area contributed by atoms with Crippen molar-refractivity contribution in [3.8, 4) is 5.88 Å². The van der Waals surface area contributed by atoms with E-state index >= 15 is 0 Å². The van der Waals surface area contributed by atoms with Gasteiger partial charge in [0.05, 0.1) is 0 Å². The molecule has 2 N–H and O–H groups in total. The summed E-state index contributed by atoms with van der Waals surface area (Å²) < 4.78 is 2.61. The fourth-order valence-electron chi connectivity index (χ4n) is 2.54. The zero-order valence-electron chi connectivity index (χ0n) is 11.7. The van der Waals surface area contributed by atoms with Crippen LogP contribution in [0.15, 0.2) is 4.79 Å². The van der Waals surface area contributed by atoms with Crippen LogP contribution in [0.2, 0.25) is 0 Å². The number of nitrogens with one attached hydrogen (secondary N) is 1. The molecule has 1 saturated carbocycles. The lowest BCUT2D eigenvalue weighted by Crippen LogP contribution is -2.40. The van der Waals surface area contributed by atoms with E-state index in [9.17, 15) is 14.7 Å². The van der Waals surface area contributed by atoms with E-state index in [0.717, 1.165) is 25.7 Å². The van der Waals surface area contributed by atoms with Crippen molar-refractivity contribution in [1.82, 2.24) is 14.5 Å². The van der Waals surface area contributed by atoms with Gasteiger partial charge in [0.2, 0.25) is 5.88 Å². The molecule has 20 heavy (non-hydrogen) atoms. The highest BCUT2D eigenvalue weighted by molar-refractivity contribution is 7.71. The Bertz CT molecular complexity index is 641. The highest BCUT2D eigenvalue weighted by Gasteiger charge is 2.23. The van der Waals surface area contributed by atoms with Gasteiger partial charge in [-0.2, -0.15) is 0 Å². The minimum Gasteiger partial charge on any atom is -0.494 e. The Hall–Kier alpha value is -1.63. The predicted octanol–water partition coefficient (Wildman–Crippen LogP) is 1.22. The number of hydrogen-bond donors (Lipinski definition) is 2. The summed E-state index contributed by atoms with van der Waals surface area (Å²) in [6.45, 7) is 0. The van der Waals surface area contributed by atoms with Crippen LogP contribution in [0.25, 0.3) is 0 Å². The lowest BCUT2D eigenvalue weighted by molar-refractivity contribution is 0.0921. The number of rotatable bonds is 2. The first-order chi connectivity index (χ1) is 9.43. The molecule has 0 aliphatic heterocycles. The molecule has 0 atom stereocenters. The van der Waals surface area contributed by atoms with Crippen molar-refractivity contribution in [2.75, 3.05) is 0 Å². The second-order valence-corrected chi connectivity index (χ2v) is 5.58. The van der Waals surface area contributed by atoms with E-state index in [1.54, 1.807) is 0 Å². The molecule has 7 heteroatoms. The van der Waals surface area contributed by atoms with E-state index < -0.39 is 11.5 Å². The van der Waals surface area contributed by atoms with Crippen LogP contribution in [-0.4, -0.2) is 26.2 Å². The Morgan fingerprint density at radius 3 is 2.45 bits per heavy atom. The summed E-state index contributed by atoms with van der Waals surface area (Å²) in [5.41, 5.74) is -0.812. The van der Waals surface area contributed by atoms with Gasteiger partial charge in [-0.05, 0) is 25.1 Å². The molecule has 1 aromatic rings. The first-order valence-electron chi connectivity index (χ1n) is 6.73. The SMILES string of the molecule is Cn1c(O)c(C(=O)NC2CCCCC2)c(=O)n(C)c1=S. The highest BCUT2D eigenvalue weighted by Crippen LogP contribution is 2.19. The molecule has 110 valence electrons. The molecule has 1 aromatic heterocycles. The Morgan fingerprint density at radius 1 is 1.25 bits per heavy atom. The minimum atomic E-state index is -0.570. The fourth-order valence-corrected chi connectivity index (χ4v) is 2.71. The Morgan fingerprint density at radius 2 is 1.85 bits per heavy atom. The molecule has 1 amide bonds. The molecule has 1 aliphatic carbocycles. The van der Waals surface area contributed by atoms with Gasteiger partial charge in [-0.15, -0.1) is 0 Å². The highest BCUT2D eigenvalue weighted by atomic mass is 32.1. The van der Waals surface area contributed by atoms with Crippen LogP contribution in [0.4, 0.5) is 0 Å². The number of aromatic hydroxyl groups is 1. The maximum Gasteiger partial charge on any atom is 0.270 e. The van der Waals surface area contributed by atoms with Crippen molar-refractivity contribution in [3.05, 3.63) is 20.7 Å². The van der Waals surface area contributed by atoms with Gasteiger partial charge in [-0.3, -0.25) is 18.7 Å². The molecule has 2 rings (SSSR count). The summed E-state index contributed by atoms with van der Waals surface area (Å²) in [5, 5.41) is 12.8. The maximum atomic E-state index is 12.2. The van der Waals surface area contributed by atoms with Crippen molar-refractivity contribution in [2.24, 2.45) is 14.1 Å². The second kappa shape index (κ2) is 5.78. The van der Waals surface area contributed by atoms with Crippen molar-refractivity contribution in [3.63, 3.8) is 0 Å². The molecule has 0 spiro atoms. The van der Waals surface area contributed by atoms with Crippen LogP contribution in [0.1, 0.15) is 42.5 Å². The first kappa shape index (κ1) is 14.8. The zero-order chi connectivity index (χ0) is 14.9. The maximum absolute atomic E-state index is 12.2. The summed E-state index contributed by atoms with van der Waals surface area (Å²) in [5.74, 6) is -0.910. The van der Waals surface area contributed by atoms with Crippen molar-refractivity contribution in [1.29, 1.82) is 0 Å². The molecular weight excluding hydrogens is 278 g/mol. The van der Waals surface area contributed by atoms with Crippen molar-refractivity contribution < 1.29 is 9.90 Å². The van der Waals surface area contributed by atoms with Crippen LogP contribution in [-0.2, 0) is 14.1 Å². The molecule has 0 radical (unpaired) electrons. The van der Waals surface area contributed by atoms with Gasteiger partial charge >= 0.3 is 0 Å². The lowest BCUT2D eigenvalue weighted by Gasteiger charge is -2.23. The van der Waals surface area contributed by atoms with Crippen LogP contribution < -0.4 is 10.9 Å². The molecule has 0 saturated heterocycles. The molecule has 1 aliphatic rings. The van der Waals surface area contributed by atoms with E-state index in [2.05, 4.69) is 5.32 Å². The third kappa shape index (κ3) is 2.63. The smallest absolute Gasteiger partial charge is 0.270 e. The number of amides is 1. The Kier molecular flexibility index (Phi) is 4.27. The quantitative estimate of drug-likeness (QED) is 0.805. The summed E-state index contributed by atoms with van der Waals surface area (Å²) >= 11 is 5.01. The molecule has 6 nitrogen and oxygen atoms in total. The van der Waals surface area contributed by atoms with Crippen LogP contribution in [0.3, 0.4) is 0 Å². The number of carbonyl (C=O) groups is 1. The molecule has 0 unspecified atom stereocenters. The average molecular weight is 297 g/mol. The predicted molar refractivity (Wildman–Crippen MR) is 77.5 cm³/mol. The fraction of sp³-hybridized carbons (Fsp3) is 0.615. The van der Waals surface area contributed by atoms with E-state index in [4.69, 9.17) is 12.2 Å². The standard InChI is InChI=1S/C13H19N3O3S/c1-15-11(18)9(12(19)16(2)13(15)20)10(17)14-8-6-4-3-5-7-8/h8,18H,3-7H2,1-2H3,(H,14,17). The number of nitrogens with zero attached hydrogens (tertiary/aromatic N) is 2. The summed E-state index contributed by atoms with van der Waals surface area (Å²) in [6.07, 6.45) is 5.16. The van der Waals surface area contributed by atoms with E-state index in [0.29, 0.717) is 0 Å². The van der Waals surface area contributed by atoms with Gasteiger partial charge in [-0.1, -0.05) is 19.3 Å². The number of aromatic nitrogens is 2. The average Bonchev–Trinajstić information content (AvgIpc) is 2.44. The van der Waals surface area contributed by atoms with Crippen molar-refractivity contribution >= 4 is 18.1 Å². The topological polar surface area (TPSA) is 76.3 Å². The number of carbonyl (C=O) groups excluding carboxylic acids is 1. The van der Waals surface area contributed by atoms with Crippen molar-refractivity contribution in [2.45, 2.75) is 38.1 Å². The first-order valence-corrected chi connectivity index (χ1v) is 7.14. The third-order valence-corrected chi connectivity index (χ3v) is 4.35. The van der Waals surface area contributed by atoms with Gasteiger partial charge in [-0.25, -0.2) is 0 Å². The van der Waals surface area contributed by atoms with E-state index in [1.807, 2.05) is 0 Å². The number of hydrogen-bond acceptors (Lipinski definition) is 4. The van der Waals surface area contributed by atoms with Gasteiger partial charge in [0.15, 0.2) is 10.3 Å². The Balaban J connectivity index is 2.35. The summed E-state index contributed by atoms with van der Waals surface area (Å²) in [7, 11) is 3.01. The lowest BCUT2D eigenvalue weighted by atomic mass is 9.95. The molecule has 1 heterocycles. The van der Waals surface area contributed by atoms with Gasteiger partial charge in [0.1, 0.15) is 0 Å². The van der Waals surface area contributed by atoms with Crippen LogP contribution in [0, 0.1) is 4.77 Å². The molecule has 0 aromatic carbocycles. The summed E-state index contributed by atoms with van der Waals surface area (Å²) in [4.78, 5) is 24.3. The van der Waals surface area contributed by atoms with E-state index in [-0.39, 0.29) is 22.3 Å². The second-order valence-electron chi connectivity index (χ2n) is 5.21. The zero-order valence-corrected chi connectivity index (χ0v) is 12.5. The Labute approximate surface area is 122 Å². The molecule has 1 fully saturated rings. The minimum absolute atomic E-state index is 0.0776. The van der Waals surface area contributed by atoms with Crippen LogP contribution >= 0.6 is 12.2 Å². The van der Waals surface area contributed by atoms with Gasteiger partial charge in [0.25, 0.3) is 11.5 Å². The molecule has 0 bridgehead atoms.